The quantitative estimate of drug-likeness (QED) is 0.600. The fourth-order valence-electron chi connectivity index (χ4n) is 2.72. The zero-order chi connectivity index (χ0) is 22.7. The Bertz CT molecular complexity index is 847. The number of ether oxygens (including phenoxy) is 2. The molecule has 2 N–H and O–H groups in total. The molecule has 0 unspecified atom stereocenters. The van der Waals surface area contributed by atoms with Gasteiger partial charge in [0.15, 0.2) is 0 Å². The van der Waals surface area contributed by atoms with Crippen LogP contribution in [0.15, 0.2) is 60.7 Å². The Hall–Kier alpha value is -3.35. The second-order valence-electron chi connectivity index (χ2n) is 8.08. The Morgan fingerprint density at radius 2 is 1.48 bits per heavy atom. The molecule has 0 spiro atoms. The van der Waals surface area contributed by atoms with Gasteiger partial charge in [-0.1, -0.05) is 60.7 Å². The van der Waals surface area contributed by atoms with Gasteiger partial charge in [0, 0.05) is 6.54 Å². The third-order valence-corrected chi connectivity index (χ3v) is 4.18. The molecule has 166 valence electrons. The maximum absolute atomic E-state index is 12.7. The maximum Gasteiger partial charge on any atom is 0.408 e. The van der Waals surface area contributed by atoms with Crippen LogP contribution < -0.4 is 10.6 Å². The van der Waals surface area contributed by atoms with Crippen molar-refractivity contribution in [1.29, 1.82) is 0 Å². The molecule has 2 aromatic rings. The van der Waals surface area contributed by atoms with E-state index in [4.69, 9.17) is 9.47 Å². The molecule has 0 saturated heterocycles. The van der Waals surface area contributed by atoms with E-state index in [-0.39, 0.29) is 13.0 Å². The average Bonchev–Trinajstić information content (AvgIpc) is 2.72. The lowest BCUT2D eigenvalue weighted by atomic mass is 10.1. The summed E-state index contributed by atoms with van der Waals surface area (Å²) in [6, 6.07) is 17.8. The van der Waals surface area contributed by atoms with Gasteiger partial charge in [0.05, 0.1) is 6.42 Å². The summed E-state index contributed by atoms with van der Waals surface area (Å²) < 4.78 is 10.5. The van der Waals surface area contributed by atoms with Crippen molar-refractivity contribution in [1.82, 2.24) is 10.6 Å². The van der Waals surface area contributed by atoms with Crippen molar-refractivity contribution in [2.24, 2.45) is 0 Å². The second kappa shape index (κ2) is 11.7. The lowest BCUT2D eigenvalue weighted by molar-refractivity contribution is -0.147. The summed E-state index contributed by atoms with van der Waals surface area (Å²) in [4.78, 5) is 37.1. The van der Waals surface area contributed by atoms with Gasteiger partial charge in [-0.2, -0.15) is 0 Å². The van der Waals surface area contributed by atoms with E-state index in [1.807, 2.05) is 60.7 Å². The van der Waals surface area contributed by atoms with E-state index in [0.29, 0.717) is 13.0 Å². The molecular weight excluding hydrogens is 396 g/mol. The van der Waals surface area contributed by atoms with Crippen molar-refractivity contribution in [3.05, 3.63) is 71.8 Å². The highest BCUT2D eigenvalue weighted by atomic mass is 16.6. The number of amides is 2. The normalized spacial score (nSPS) is 11.8. The molecule has 2 aromatic carbocycles. The SMILES string of the molecule is CC(C)(C)OC(=O)N[C@H](CC(=O)OCc1ccccc1)C(=O)NCCc1ccccc1. The Labute approximate surface area is 183 Å². The van der Waals surface area contributed by atoms with Gasteiger partial charge in [-0.3, -0.25) is 9.59 Å². The Morgan fingerprint density at radius 3 is 2.06 bits per heavy atom. The molecule has 0 heterocycles. The van der Waals surface area contributed by atoms with Crippen LogP contribution in [-0.4, -0.2) is 36.2 Å². The highest BCUT2D eigenvalue weighted by Gasteiger charge is 2.27. The molecule has 0 fully saturated rings. The van der Waals surface area contributed by atoms with Crippen LogP contribution in [0.25, 0.3) is 0 Å². The number of benzene rings is 2. The van der Waals surface area contributed by atoms with Gasteiger partial charge in [-0.05, 0) is 38.3 Å². The van der Waals surface area contributed by atoms with Gasteiger partial charge in [0.2, 0.25) is 5.91 Å². The third kappa shape index (κ3) is 9.80. The zero-order valence-electron chi connectivity index (χ0n) is 18.2. The fourth-order valence-corrected chi connectivity index (χ4v) is 2.72. The first kappa shape index (κ1) is 23.9. The topological polar surface area (TPSA) is 93.7 Å². The minimum absolute atomic E-state index is 0.0917. The highest BCUT2D eigenvalue weighted by molar-refractivity contribution is 5.89. The van der Waals surface area contributed by atoms with Gasteiger partial charge < -0.3 is 20.1 Å². The van der Waals surface area contributed by atoms with Crippen LogP contribution >= 0.6 is 0 Å². The first-order valence-electron chi connectivity index (χ1n) is 10.2. The predicted molar refractivity (Wildman–Crippen MR) is 117 cm³/mol. The Kier molecular flexibility index (Phi) is 9.06. The summed E-state index contributed by atoms with van der Waals surface area (Å²) in [6.07, 6.45) is -0.445. The van der Waals surface area contributed by atoms with Crippen LogP contribution in [0.4, 0.5) is 4.79 Å². The molecule has 0 saturated carbocycles. The first-order valence-corrected chi connectivity index (χ1v) is 10.2. The van der Waals surface area contributed by atoms with Crippen LogP contribution in [0.1, 0.15) is 38.3 Å². The van der Waals surface area contributed by atoms with Crippen LogP contribution in [0.3, 0.4) is 0 Å². The molecule has 0 bridgehead atoms. The molecule has 0 aliphatic rings. The van der Waals surface area contributed by atoms with E-state index in [2.05, 4.69) is 10.6 Å². The fraction of sp³-hybridized carbons (Fsp3) is 0.375. The number of alkyl carbamates (subject to hydrolysis) is 1. The van der Waals surface area contributed by atoms with Gasteiger partial charge in [-0.25, -0.2) is 4.79 Å². The smallest absolute Gasteiger partial charge is 0.408 e. The van der Waals surface area contributed by atoms with E-state index in [1.54, 1.807) is 20.8 Å². The molecule has 2 rings (SSSR count). The minimum Gasteiger partial charge on any atom is -0.461 e. The molecule has 2 amide bonds. The van der Waals surface area contributed by atoms with Crippen molar-refractivity contribution >= 4 is 18.0 Å². The molecule has 0 aromatic heterocycles. The molecule has 7 nitrogen and oxygen atoms in total. The molecule has 0 aliphatic carbocycles. The summed E-state index contributed by atoms with van der Waals surface area (Å²) in [5.74, 6) is -1.07. The summed E-state index contributed by atoms with van der Waals surface area (Å²) in [7, 11) is 0. The highest BCUT2D eigenvalue weighted by Crippen LogP contribution is 2.08. The van der Waals surface area contributed by atoms with E-state index in [1.165, 1.54) is 0 Å². The molecule has 1 atom stereocenters. The van der Waals surface area contributed by atoms with Crippen molar-refractivity contribution in [2.45, 2.75) is 51.9 Å². The van der Waals surface area contributed by atoms with Gasteiger partial charge in [0.1, 0.15) is 18.2 Å². The molecule has 31 heavy (non-hydrogen) atoms. The molecule has 0 radical (unpaired) electrons. The van der Waals surface area contributed by atoms with Crippen LogP contribution in [-0.2, 0) is 32.1 Å². The summed E-state index contributed by atoms with van der Waals surface area (Å²) in [5.41, 5.74) is 1.17. The van der Waals surface area contributed by atoms with Crippen molar-refractivity contribution in [2.75, 3.05) is 6.54 Å². The first-order chi connectivity index (χ1) is 14.7. The van der Waals surface area contributed by atoms with Crippen molar-refractivity contribution in [3.63, 3.8) is 0 Å². The average molecular weight is 427 g/mol. The molecule has 7 heteroatoms. The van der Waals surface area contributed by atoms with E-state index >= 15 is 0 Å². The zero-order valence-corrected chi connectivity index (χ0v) is 18.2. The third-order valence-electron chi connectivity index (χ3n) is 4.18. The number of carbonyl (C=O) groups excluding carboxylic acids is 3. The number of hydrogen-bond acceptors (Lipinski definition) is 5. The number of nitrogens with one attached hydrogen (secondary N) is 2. The van der Waals surface area contributed by atoms with Gasteiger partial charge >= 0.3 is 12.1 Å². The van der Waals surface area contributed by atoms with Crippen molar-refractivity contribution < 1.29 is 23.9 Å². The summed E-state index contributed by atoms with van der Waals surface area (Å²) in [6.45, 7) is 5.61. The Morgan fingerprint density at radius 1 is 0.903 bits per heavy atom. The van der Waals surface area contributed by atoms with Crippen LogP contribution in [0.2, 0.25) is 0 Å². The van der Waals surface area contributed by atoms with Crippen molar-refractivity contribution in [3.8, 4) is 0 Å². The van der Waals surface area contributed by atoms with Gasteiger partial charge in [0.25, 0.3) is 0 Å². The van der Waals surface area contributed by atoms with Gasteiger partial charge in [-0.15, -0.1) is 0 Å². The van der Waals surface area contributed by atoms with Crippen LogP contribution in [0.5, 0.6) is 0 Å². The lowest BCUT2D eigenvalue weighted by Crippen LogP contribution is -2.49. The number of rotatable bonds is 9. The van der Waals surface area contributed by atoms with Crippen LogP contribution in [0, 0.1) is 0 Å². The maximum atomic E-state index is 12.7. The molecular formula is C24H30N2O5. The lowest BCUT2D eigenvalue weighted by Gasteiger charge is -2.23. The second-order valence-corrected chi connectivity index (χ2v) is 8.08. The standard InChI is InChI=1S/C24H30N2O5/c1-24(2,3)31-23(29)26-20(16-21(27)30-17-19-12-8-5-9-13-19)22(28)25-15-14-18-10-6-4-7-11-18/h4-13,20H,14-17H2,1-3H3,(H,25,28)(H,26,29)/t20-/m1/s1. The van der Waals surface area contributed by atoms with E-state index in [9.17, 15) is 14.4 Å². The summed E-state index contributed by atoms with van der Waals surface area (Å²) in [5, 5.41) is 5.24. The monoisotopic (exact) mass is 426 g/mol. The van der Waals surface area contributed by atoms with E-state index in [0.717, 1.165) is 11.1 Å². The number of carbonyl (C=O) groups is 3. The number of hydrogen-bond donors (Lipinski definition) is 2. The summed E-state index contributed by atoms with van der Waals surface area (Å²) >= 11 is 0. The molecule has 0 aliphatic heterocycles. The minimum atomic E-state index is -1.10. The van der Waals surface area contributed by atoms with E-state index < -0.39 is 29.6 Å². The largest absolute Gasteiger partial charge is 0.461 e. The Balaban J connectivity index is 1.92. The number of esters is 1. The predicted octanol–water partition coefficient (Wildman–Crippen LogP) is 3.37.